The zero-order valence-corrected chi connectivity index (χ0v) is 13.8. The van der Waals surface area contributed by atoms with Crippen LogP contribution in [0, 0.1) is 38.5 Å². The van der Waals surface area contributed by atoms with Crippen molar-refractivity contribution >= 4 is 0 Å². The molecule has 2 atom stereocenters. The van der Waals surface area contributed by atoms with E-state index in [0.29, 0.717) is 12.8 Å². The fourth-order valence-electron chi connectivity index (χ4n) is 2.60. The Morgan fingerprint density at radius 2 is 1.26 bits per heavy atom. The van der Waals surface area contributed by atoms with Gasteiger partial charge in [-0.2, -0.15) is 0 Å². The zero-order valence-electron chi connectivity index (χ0n) is 13.8. The van der Waals surface area contributed by atoms with Crippen molar-refractivity contribution in [3.63, 3.8) is 0 Å². The molecule has 0 saturated heterocycles. The van der Waals surface area contributed by atoms with Crippen LogP contribution in [0.25, 0.3) is 0 Å². The number of ether oxygens (including phenoxy) is 1. The first-order valence-corrected chi connectivity index (χ1v) is 7.79. The molecule has 2 aromatic rings. The van der Waals surface area contributed by atoms with Crippen LogP contribution < -0.4 is 0 Å². The first-order chi connectivity index (χ1) is 11.1. The quantitative estimate of drug-likeness (QED) is 0.730. The van der Waals surface area contributed by atoms with E-state index in [2.05, 4.69) is 62.1 Å². The normalized spacial score (nSPS) is 12.9. The van der Waals surface area contributed by atoms with Crippen LogP contribution in [0.3, 0.4) is 0 Å². The Kier molecular flexibility index (Phi) is 6.04. The molecule has 1 heteroatoms. The van der Waals surface area contributed by atoms with E-state index >= 15 is 0 Å². The second-order valence-electron chi connectivity index (χ2n) is 5.83. The molecule has 2 unspecified atom stereocenters. The highest BCUT2D eigenvalue weighted by Crippen LogP contribution is 2.13. The molecule has 1 nitrogen and oxygen atoms in total. The fraction of sp³-hybridized carbons (Fsp3) is 0.273. The summed E-state index contributed by atoms with van der Waals surface area (Å²) < 4.78 is 5.96. The van der Waals surface area contributed by atoms with Gasteiger partial charge in [-0.25, -0.2) is 0 Å². The van der Waals surface area contributed by atoms with E-state index < -0.39 is 0 Å². The van der Waals surface area contributed by atoms with Crippen molar-refractivity contribution in [1.82, 2.24) is 0 Å². The minimum absolute atomic E-state index is 0.317. The van der Waals surface area contributed by atoms with Crippen LogP contribution in [0.1, 0.15) is 22.3 Å². The van der Waals surface area contributed by atoms with E-state index in [9.17, 15) is 0 Å². The molecule has 0 fully saturated rings. The molecule has 0 aliphatic rings. The maximum atomic E-state index is 5.96. The highest BCUT2D eigenvalue weighted by molar-refractivity contribution is 5.25. The lowest BCUT2D eigenvalue weighted by Gasteiger charge is -2.18. The molecule has 0 radical (unpaired) electrons. The first kappa shape index (κ1) is 16.9. The van der Waals surface area contributed by atoms with E-state index in [-0.39, 0.29) is 12.2 Å². The minimum atomic E-state index is -0.317. The summed E-state index contributed by atoms with van der Waals surface area (Å²) in [5.74, 6) is 5.43. The van der Waals surface area contributed by atoms with Gasteiger partial charge in [0.05, 0.1) is 0 Å². The Bertz CT molecular complexity index is 667. The summed E-state index contributed by atoms with van der Waals surface area (Å²) in [6.07, 6.45) is 12.0. The molecule has 2 rings (SSSR count). The van der Waals surface area contributed by atoms with E-state index in [1.54, 1.807) is 0 Å². The van der Waals surface area contributed by atoms with Gasteiger partial charge in [-0.1, -0.05) is 71.5 Å². The Balaban J connectivity index is 2.01. The molecule has 0 heterocycles. The Morgan fingerprint density at radius 1 is 0.826 bits per heavy atom. The fourth-order valence-corrected chi connectivity index (χ4v) is 2.60. The maximum Gasteiger partial charge on any atom is 0.123 e. The second kappa shape index (κ2) is 8.23. The van der Waals surface area contributed by atoms with Gasteiger partial charge in [-0.05, 0) is 25.0 Å². The van der Waals surface area contributed by atoms with Crippen molar-refractivity contribution in [3.8, 4) is 24.7 Å². The molecule has 0 saturated carbocycles. The van der Waals surface area contributed by atoms with Gasteiger partial charge >= 0.3 is 0 Å². The molecular weight excluding hydrogens is 280 g/mol. The number of rotatable bonds is 6. The predicted molar refractivity (Wildman–Crippen MR) is 96.1 cm³/mol. The summed E-state index contributed by atoms with van der Waals surface area (Å²) in [5, 5.41) is 0. The molecule has 0 aromatic heterocycles. The van der Waals surface area contributed by atoms with Gasteiger partial charge < -0.3 is 4.74 Å². The lowest BCUT2D eigenvalue weighted by atomic mass is 10.0. The molecule has 116 valence electrons. The summed E-state index contributed by atoms with van der Waals surface area (Å²) >= 11 is 0. The summed E-state index contributed by atoms with van der Waals surface area (Å²) in [6.45, 7) is 4.13. The van der Waals surface area contributed by atoms with Crippen LogP contribution >= 0.6 is 0 Å². The molecule has 0 bridgehead atoms. The van der Waals surface area contributed by atoms with Crippen LogP contribution in [0.2, 0.25) is 0 Å². The van der Waals surface area contributed by atoms with Gasteiger partial charge in [-0.15, -0.1) is 12.8 Å². The van der Waals surface area contributed by atoms with Gasteiger partial charge in [0.25, 0.3) is 0 Å². The lowest BCUT2D eigenvalue weighted by molar-refractivity contribution is 0.0533. The highest BCUT2D eigenvalue weighted by atomic mass is 16.5. The maximum absolute atomic E-state index is 5.96. The smallest absolute Gasteiger partial charge is 0.123 e. The monoisotopic (exact) mass is 302 g/mol. The molecule has 0 aliphatic heterocycles. The van der Waals surface area contributed by atoms with Crippen LogP contribution in [0.4, 0.5) is 0 Å². The topological polar surface area (TPSA) is 9.23 Å². The third-order valence-electron chi connectivity index (χ3n) is 3.71. The average Bonchev–Trinajstić information content (AvgIpc) is 2.53. The number of terminal acetylenes is 2. The van der Waals surface area contributed by atoms with Crippen LogP contribution in [0.15, 0.2) is 48.5 Å². The summed E-state index contributed by atoms with van der Waals surface area (Å²) in [4.78, 5) is 0. The van der Waals surface area contributed by atoms with E-state index in [1.807, 2.05) is 12.1 Å². The van der Waals surface area contributed by atoms with Gasteiger partial charge in [0.1, 0.15) is 12.2 Å². The summed E-state index contributed by atoms with van der Waals surface area (Å²) in [5.41, 5.74) is 4.76. The van der Waals surface area contributed by atoms with Gasteiger partial charge in [0.15, 0.2) is 0 Å². The lowest BCUT2D eigenvalue weighted by Crippen LogP contribution is -2.23. The molecule has 2 aromatic carbocycles. The largest absolute Gasteiger partial charge is 0.349 e. The first-order valence-electron chi connectivity index (χ1n) is 7.79. The minimum Gasteiger partial charge on any atom is -0.349 e. The van der Waals surface area contributed by atoms with Crippen LogP contribution in [0.5, 0.6) is 0 Å². The average molecular weight is 302 g/mol. The zero-order chi connectivity index (χ0) is 16.7. The summed E-state index contributed by atoms with van der Waals surface area (Å²) in [6, 6.07) is 16.6. The predicted octanol–water partition coefficient (Wildman–Crippen LogP) is 4.11. The van der Waals surface area contributed by atoms with Crippen molar-refractivity contribution in [2.45, 2.75) is 38.9 Å². The van der Waals surface area contributed by atoms with Crippen molar-refractivity contribution in [2.75, 3.05) is 0 Å². The van der Waals surface area contributed by atoms with Crippen molar-refractivity contribution in [3.05, 3.63) is 70.8 Å². The number of hydrogen-bond acceptors (Lipinski definition) is 1. The Morgan fingerprint density at radius 3 is 1.61 bits per heavy atom. The molecule has 23 heavy (non-hydrogen) atoms. The Labute approximate surface area is 139 Å². The third-order valence-corrected chi connectivity index (χ3v) is 3.71. The van der Waals surface area contributed by atoms with Crippen LogP contribution in [-0.4, -0.2) is 12.2 Å². The van der Waals surface area contributed by atoms with Crippen molar-refractivity contribution < 1.29 is 4.74 Å². The molecule has 0 N–H and O–H groups in total. The van der Waals surface area contributed by atoms with Crippen LogP contribution in [-0.2, 0) is 17.6 Å². The van der Waals surface area contributed by atoms with E-state index in [4.69, 9.17) is 17.6 Å². The summed E-state index contributed by atoms with van der Waals surface area (Å²) in [7, 11) is 0. The molecule has 0 aliphatic carbocycles. The third kappa shape index (κ3) is 5.33. The van der Waals surface area contributed by atoms with Gasteiger partial charge in [0, 0.05) is 12.8 Å². The van der Waals surface area contributed by atoms with Gasteiger partial charge in [0.2, 0.25) is 0 Å². The molecule has 0 spiro atoms. The number of hydrogen-bond donors (Lipinski definition) is 0. The SMILES string of the molecule is C#CC(Cc1cccc(C)c1)OC(C#C)Cc1cccc(C)c1. The van der Waals surface area contributed by atoms with Gasteiger partial charge in [-0.3, -0.25) is 0 Å². The van der Waals surface area contributed by atoms with Crippen molar-refractivity contribution in [2.24, 2.45) is 0 Å². The molecular formula is C22H22O. The Hall–Kier alpha value is -2.48. The molecule has 0 amide bonds. The van der Waals surface area contributed by atoms with Crippen molar-refractivity contribution in [1.29, 1.82) is 0 Å². The standard InChI is InChI=1S/C22H22O/c1-5-21(15-19-11-7-9-17(3)13-19)23-22(6-2)16-20-12-8-10-18(4)14-20/h1-2,7-14,21-22H,15-16H2,3-4H3. The van der Waals surface area contributed by atoms with E-state index in [0.717, 1.165) is 0 Å². The second-order valence-corrected chi connectivity index (χ2v) is 5.83. The highest BCUT2D eigenvalue weighted by Gasteiger charge is 2.14. The number of aryl methyl sites for hydroxylation is 2. The van der Waals surface area contributed by atoms with E-state index in [1.165, 1.54) is 22.3 Å². The number of benzene rings is 2.